The lowest BCUT2D eigenvalue weighted by Crippen LogP contribution is -2.47. The van der Waals surface area contributed by atoms with Gasteiger partial charge in [-0.15, -0.1) is 11.3 Å². The van der Waals surface area contributed by atoms with E-state index in [1.807, 2.05) is 18.3 Å². The van der Waals surface area contributed by atoms with Crippen LogP contribution in [0.3, 0.4) is 0 Å². The molecule has 0 saturated carbocycles. The van der Waals surface area contributed by atoms with Crippen molar-refractivity contribution in [2.75, 3.05) is 6.61 Å². The van der Waals surface area contributed by atoms with Crippen LogP contribution < -0.4 is 0 Å². The normalized spacial score (nSPS) is 13.9. The molecule has 0 aliphatic heterocycles. The third-order valence-corrected chi connectivity index (χ3v) is 15.3. The molecule has 0 bridgehead atoms. The number of carbonyl (C=O) groups is 1. The van der Waals surface area contributed by atoms with E-state index in [1.54, 1.807) is 0 Å². The molecule has 226 valence electrons. The number of aryl methyl sites for hydroxylation is 4. The standard InChI is InChI=1S/C35H58O3SSi/c1-14-35(15-2,31-24-26(5)29(39-31)20-22-32(36)37-16-3)28-19-17-27(25(4)23-28)18-21-30(33(6,7)8)38-40(12,13)34(9,10)11/h17,19,23-24,30H,14-16,18,20-22H2,1-13H3. The molecule has 2 rings (SSSR count). The highest BCUT2D eigenvalue weighted by Crippen LogP contribution is 2.44. The Balaban J connectivity index is 2.31. The van der Waals surface area contributed by atoms with E-state index in [-0.39, 0.29) is 27.9 Å². The van der Waals surface area contributed by atoms with Crippen molar-refractivity contribution in [2.45, 2.75) is 144 Å². The molecule has 1 unspecified atom stereocenters. The first-order valence-corrected chi connectivity index (χ1v) is 19.2. The number of rotatable bonds is 13. The van der Waals surface area contributed by atoms with Crippen LogP contribution in [0.5, 0.6) is 0 Å². The highest BCUT2D eigenvalue weighted by Gasteiger charge is 2.41. The van der Waals surface area contributed by atoms with Crippen LogP contribution in [-0.4, -0.2) is 27.0 Å². The van der Waals surface area contributed by atoms with Gasteiger partial charge in [-0.05, 0) is 105 Å². The van der Waals surface area contributed by atoms with Gasteiger partial charge in [-0.1, -0.05) is 73.6 Å². The highest BCUT2D eigenvalue weighted by molar-refractivity contribution is 7.12. The zero-order valence-corrected chi connectivity index (χ0v) is 29.8. The van der Waals surface area contributed by atoms with Crippen molar-refractivity contribution in [3.05, 3.63) is 56.3 Å². The minimum absolute atomic E-state index is 0.0136. The van der Waals surface area contributed by atoms with Crippen LogP contribution in [0.15, 0.2) is 24.3 Å². The van der Waals surface area contributed by atoms with Crippen molar-refractivity contribution in [1.82, 2.24) is 0 Å². The number of thiophene rings is 1. The first-order chi connectivity index (χ1) is 18.4. The second kappa shape index (κ2) is 13.7. The molecule has 0 aliphatic rings. The minimum atomic E-state index is -1.85. The van der Waals surface area contributed by atoms with E-state index in [2.05, 4.69) is 107 Å². The van der Waals surface area contributed by atoms with Crippen LogP contribution in [0, 0.1) is 19.3 Å². The molecule has 1 aromatic heterocycles. The Bertz CT molecular complexity index is 1110. The highest BCUT2D eigenvalue weighted by atomic mass is 32.1. The van der Waals surface area contributed by atoms with E-state index < -0.39 is 8.32 Å². The second-order valence-corrected chi connectivity index (χ2v) is 20.1. The maximum absolute atomic E-state index is 12.0. The zero-order valence-electron chi connectivity index (χ0n) is 28.0. The van der Waals surface area contributed by atoms with Crippen molar-refractivity contribution in [1.29, 1.82) is 0 Å². The molecular formula is C35H58O3SSi. The average molecular weight is 587 g/mol. The summed E-state index contributed by atoms with van der Waals surface area (Å²) in [6, 6.07) is 9.56. The summed E-state index contributed by atoms with van der Waals surface area (Å²) >= 11 is 1.88. The van der Waals surface area contributed by atoms with E-state index in [0.29, 0.717) is 13.0 Å². The number of ether oxygens (including phenoxy) is 1. The lowest BCUT2D eigenvalue weighted by Gasteiger charge is -2.43. The maximum Gasteiger partial charge on any atom is 0.306 e. The quantitative estimate of drug-likeness (QED) is 0.173. The Morgan fingerprint density at radius 2 is 1.55 bits per heavy atom. The van der Waals surface area contributed by atoms with Gasteiger partial charge in [0.05, 0.1) is 19.1 Å². The minimum Gasteiger partial charge on any atom is -0.466 e. The molecule has 2 aromatic rings. The van der Waals surface area contributed by atoms with Crippen molar-refractivity contribution >= 4 is 25.6 Å². The molecule has 0 radical (unpaired) electrons. The van der Waals surface area contributed by atoms with Gasteiger partial charge in [-0.25, -0.2) is 0 Å². The number of esters is 1. The summed E-state index contributed by atoms with van der Waals surface area (Å²) in [4.78, 5) is 14.7. The summed E-state index contributed by atoms with van der Waals surface area (Å²) in [7, 11) is -1.85. The predicted molar refractivity (Wildman–Crippen MR) is 176 cm³/mol. The summed E-state index contributed by atoms with van der Waals surface area (Å²) in [5.74, 6) is -0.108. The summed E-state index contributed by atoms with van der Waals surface area (Å²) in [5.41, 5.74) is 5.58. The molecule has 0 spiro atoms. The van der Waals surface area contributed by atoms with Gasteiger partial charge in [0.1, 0.15) is 0 Å². The zero-order chi connectivity index (χ0) is 30.5. The van der Waals surface area contributed by atoms with Crippen LogP contribution in [0.1, 0.15) is 120 Å². The van der Waals surface area contributed by atoms with Gasteiger partial charge in [0.2, 0.25) is 0 Å². The van der Waals surface area contributed by atoms with Gasteiger partial charge in [0.15, 0.2) is 8.32 Å². The van der Waals surface area contributed by atoms with Gasteiger partial charge in [-0.2, -0.15) is 0 Å². The Labute approximate surface area is 251 Å². The van der Waals surface area contributed by atoms with E-state index in [0.717, 1.165) is 32.1 Å². The first-order valence-electron chi connectivity index (χ1n) is 15.4. The second-order valence-electron chi connectivity index (χ2n) is 14.2. The Kier molecular flexibility index (Phi) is 11.9. The summed E-state index contributed by atoms with van der Waals surface area (Å²) in [6.45, 7) is 30.1. The molecule has 0 saturated heterocycles. The topological polar surface area (TPSA) is 35.5 Å². The molecular weight excluding hydrogens is 529 g/mol. The Morgan fingerprint density at radius 3 is 2.05 bits per heavy atom. The summed E-state index contributed by atoms with van der Waals surface area (Å²) in [5, 5.41) is 0.205. The fourth-order valence-electron chi connectivity index (χ4n) is 5.36. The summed E-state index contributed by atoms with van der Waals surface area (Å²) < 4.78 is 12.1. The molecule has 0 amide bonds. The van der Waals surface area contributed by atoms with Crippen LogP contribution in [0.4, 0.5) is 0 Å². The molecule has 0 fully saturated rings. The number of benzene rings is 1. The van der Waals surface area contributed by atoms with E-state index in [9.17, 15) is 4.79 Å². The summed E-state index contributed by atoms with van der Waals surface area (Å²) in [6.07, 6.45) is 5.60. The van der Waals surface area contributed by atoms with Crippen LogP contribution >= 0.6 is 11.3 Å². The largest absolute Gasteiger partial charge is 0.466 e. The Morgan fingerprint density at radius 1 is 0.925 bits per heavy atom. The van der Waals surface area contributed by atoms with Crippen LogP contribution in [0.2, 0.25) is 18.1 Å². The first kappa shape index (κ1) is 34.8. The van der Waals surface area contributed by atoms with Crippen molar-refractivity contribution < 1.29 is 14.0 Å². The fraction of sp³-hybridized carbons (Fsp3) is 0.686. The van der Waals surface area contributed by atoms with Gasteiger partial charge in [-0.3, -0.25) is 4.79 Å². The fourth-order valence-corrected chi connectivity index (χ4v) is 8.43. The van der Waals surface area contributed by atoms with E-state index >= 15 is 0 Å². The molecule has 1 aromatic carbocycles. The smallest absolute Gasteiger partial charge is 0.306 e. The van der Waals surface area contributed by atoms with Gasteiger partial charge in [0.25, 0.3) is 0 Å². The lowest BCUT2D eigenvalue weighted by molar-refractivity contribution is -0.143. The SMILES string of the molecule is CCOC(=O)CCc1sc(C(CC)(CC)c2ccc(CCC(O[Si](C)(C)C(C)(C)C)C(C)(C)C)c(C)c2)cc1C. The molecule has 0 N–H and O–H groups in total. The molecule has 40 heavy (non-hydrogen) atoms. The Hall–Kier alpha value is -1.43. The van der Waals surface area contributed by atoms with Crippen LogP contribution in [0.25, 0.3) is 0 Å². The van der Waals surface area contributed by atoms with E-state index in [4.69, 9.17) is 9.16 Å². The van der Waals surface area contributed by atoms with Gasteiger partial charge < -0.3 is 9.16 Å². The van der Waals surface area contributed by atoms with Crippen molar-refractivity contribution in [2.24, 2.45) is 5.41 Å². The average Bonchev–Trinajstić information content (AvgIpc) is 3.22. The third kappa shape index (κ3) is 8.32. The lowest BCUT2D eigenvalue weighted by atomic mass is 9.73. The number of hydrogen-bond donors (Lipinski definition) is 0. The number of hydrogen-bond acceptors (Lipinski definition) is 4. The van der Waals surface area contributed by atoms with Crippen molar-refractivity contribution in [3.8, 4) is 0 Å². The number of carbonyl (C=O) groups excluding carboxylic acids is 1. The predicted octanol–water partition coefficient (Wildman–Crippen LogP) is 10.3. The van der Waals surface area contributed by atoms with E-state index in [1.165, 1.54) is 32.0 Å². The molecule has 1 heterocycles. The van der Waals surface area contributed by atoms with Gasteiger partial charge >= 0.3 is 5.97 Å². The third-order valence-electron chi connectivity index (χ3n) is 9.34. The van der Waals surface area contributed by atoms with Crippen molar-refractivity contribution in [3.63, 3.8) is 0 Å². The molecule has 0 aliphatic carbocycles. The monoisotopic (exact) mass is 586 g/mol. The van der Waals surface area contributed by atoms with Crippen LogP contribution in [-0.2, 0) is 32.2 Å². The molecule has 5 heteroatoms. The molecule has 3 nitrogen and oxygen atoms in total. The molecule has 1 atom stereocenters. The maximum atomic E-state index is 12.0. The van der Waals surface area contributed by atoms with Gasteiger partial charge in [0, 0.05) is 15.2 Å².